The Morgan fingerprint density at radius 3 is 2.93 bits per heavy atom. The van der Waals surface area contributed by atoms with Crippen LogP contribution in [0.15, 0.2) is 12.4 Å². The minimum atomic E-state index is -0.172. The number of hydrogen-bond acceptors (Lipinski definition) is 4. The van der Waals surface area contributed by atoms with Gasteiger partial charge in [-0.05, 0) is 20.2 Å². The number of nitrogens with zero attached hydrogens (tertiary/aromatic N) is 2. The molecule has 1 atom stereocenters. The topological polar surface area (TPSA) is 49.0 Å². The summed E-state index contributed by atoms with van der Waals surface area (Å²) in [6.07, 6.45) is 2.43. The van der Waals surface area contributed by atoms with Gasteiger partial charge >= 0.3 is 0 Å². The molecule has 0 fully saturated rings. The van der Waals surface area contributed by atoms with E-state index < -0.39 is 0 Å². The van der Waals surface area contributed by atoms with Crippen LogP contribution >= 0.6 is 12.2 Å². The second-order valence-corrected chi connectivity index (χ2v) is 3.76. The van der Waals surface area contributed by atoms with E-state index in [2.05, 4.69) is 9.97 Å². The number of likely N-dealkylation sites (N-methyl/N-ethyl adjacent to an activating group) is 1. The summed E-state index contributed by atoms with van der Waals surface area (Å²) in [5.74, 6) is -0.172. The molecule has 1 N–H and O–H groups in total. The summed E-state index contributed by atoms with van der Waals surface area (Å²) in [5.41, 5.74) is 0.814. The third-order valence-electron chi connectivity index (χ3n) is 1.83. The molecule has 0 amide bonds. The van der Waals surface area contributed by atoms with E-state index in [4.69, 9.17) is 12.2 Å². The Hall–Kier alpha value is -1.07. The lowest BCUT2D eigenvalue weighted by Gasteiger charge is -2.15. The molecule has 0 aliphatic rings. The van der Waals surface area contributed by atoms with Gasteiger partial charge in [-0.3, -0.25) is 0 Å². The first kappa shape index (κ1) is 11.0. The Morgan fingerprint density at radius 2 is 2.43 bits per heavy atom. The highest BCUT2D eigenvalue weighted by Gasteiger charge is 2.11. The van der Waals surface area contributed by atoms with Crippen LogP contribution in [0, 0.1) is 4.64 Å². The molecule has 1 rings (SSSR count). The number of H-pyrrole nitrogens is 1. The second kappa shape index (κ2) is 4.97. The molecule has 5 heteroatoms. The number of aromatic amines is 1. The minimum absolute atomic E-state index is 0.172. The lowest BCUT2D eigenvalue weighted by molar-refractivity contribution is -0.109. The summed E-state index contributed by atoms with van der Waals surface area (Å²) in [5, 5.41) is 0. The summed E-state index contributed by atoms with van der Waals surface area (Å²) in [4.78, 5) is 19.6. The van der Waals surface area contributed by atoms with Gasteiger partial charge in [0.25, 0.3) is 0 Å². The monoisotopic (exact) mass is 211 g/mol. The van der Waals surface area contributed by atoms with Gasteiger partial charge in [0.05, 0.1) is 12.2 Å². The summed E-state index contributed by atoms with van der Waals surface area (Å²) in [7, 11) is 3.85. The molecule has 0 aromatic carbocycles. The molecule has 14 heavy (non-hydrogen) atoms. The summed E-state index contributed by atoms with van der Waals surface area (Å²) in [6.45, 7) is 0.665. The Balaban J connectivity index is 2.89. The summed E-state index contributed by atoms with van der Waals surface area (Å²) >= 11 is 4.92. The third-order valence-corrected chi connectivity index (χ3v) is 2.05. The largest absolute Gasteiger partial charge is 0.349 e. The van der Waals surface area contributed by atoms with Crippen molar-refractivity contribution < 1.29 is 4.79 Å². The van der Waals surface area contributed by atoms with Crippen molar-refractivity contribution >= 4 is 18.5 Å². The highest BCUT2D eigenvalue weighted by atomic mass is 32.1. The fraction of sp³-hybridized carbons (Fsp3) is 0.444. The highest BCUT2D eigenvalue weighted by Crippen LogP contribution is 2.10. The number of rotatable bonds is 4. The van der Waals surface area contributed by atoms with E-state index >= 15 is 0 Å². The van der Waals surface area contributed by atoms with Gasteiger partial charge < -0.3 is 14.7 Å². The van der Waals surface area contributed by atoms with Gasteiger partial charge in [0, 0.05) is 12.2 Å². The van der Waals surface area contributed by atoms with Gasteiger partial charge in [0.1, 0.15) is 10.9 Å². The molecule has 0 saturated heterocycles. The van der Waals surface area contributed by atoms with Crippen molar-refractivity contribution in [3.8, 4) is 0 Å². The fourth-order valence-corrected chi connectivity index (χ4v) is 1.38. The Bertz CT molecular complexity index is 361. The van der Waals surface area contributed by atoms with Crippen molar-refractivity contribution in [3.05, 3.63) is 22.7 Å². The van der Waals surface area contributed by atoms with E-state index in [0.717, 1.165) is 12.0 Å². The van der Waals surface area contributed by atoms with Crippen LogP contribution in [0.2, 0.25) is 0 Å². The van der Waals surface area contributed by atoms with Gasteiger partial charge in [-0.15, -0.1) is 0 Å². The molecule has 0 aliphatic carbocycles. The Labute approximate surface area is 88.0 Å². The molecule has 76 valence electrons. The first-order valence-electron chi connectivity index (χ1n) is 4.28. The van der Waals surface area contributed by atoms with E-state index in [-0.39, 0.29) is 5.92 Å². The van der Waals surface area contributed by atoms with Crippen molar-refractivity contribution in [2.75, 3.05) is 20.6 Å². The van der Waals surface area contributed by atoms with Crippen molar-refractivity contribution in [2.24, 2.45) is 0 Å². The van der Waals surface area contributed by atoms with Gasteiger partial charge in [-0.2, -0.15) is 0 Å². The number of aromatic nitrogens is 2. The summed E-state index contributed by atoms with van der Waals surface area (Å²) in [6, 6.07) is 1.72. The van der Waals surface area contributed by atoms with Crippen LogP contribution in [0.1, 0.15) is 11.6 Å². The van der Waals surface area contributed by atoms with Gasteiger partial charge in [-0.25, -0.2) is 4.98 Å². The standard InChI is InChI=1S/C9H13N3OS/c1-12(2)4-7(5-13)8-3-9(14)11-6-10-8/h3,5-7H,4H2,1-2H3,(H,10,11,14). The molecule has 1 aromatic rings. The maximum absolute atomic E-state index is 10.9. The zero-order valence-corrected chi connectivity index (χ0v) is 9.04. The molecule has 0 radical (unpaired) electrons. The van der Waals surface area contributed by atoms with Crippen LogP contribution in [0.25, 0.3) is 0 Å². The zero-order valence-electron chi connectivity index (χ0n) is 8.23. The van der Waals surface area contributed by atoms with Crippen LogP contribution in [-0.2, 0) is 4.79 Å². The van der Waals surface area contributed by atoms with E-state index in [9.17, 15) is 4.79 Å². The van der Waals surface area contributed by atoms with Gasteiger partial charge in [0.15, 0.2) is 0 Å². The normalized spacial score (nSPS) is 12.8. The van der Waals surface area contributed by atoms with E-state index in [1.165, 1.54) is 6.33 Å². The predicted octanol–water partition coefficient (Wildman–Crippen LogP) is 0.983. The van der Waals surface area contributed by atoms with Crippen molar-refractivity contribution in [1.29, 1.82) is 0 Å². The second-order valence-electron chi connectivity index (χ2n) is 3.35. The van der Waals surface area contributed by atoms with Crippen molar-refractivity contribution in [2.45, 2.75) is 5.92 Å². The lowest BCUT2D eigenvalue weighted by atomic mass is 10.1. The Kier molecular flexibility index (Phi) is 3.91. The van der Waals surface area contributed by atoms with Crippen LogP contribution in [0.3, 0.4) is 0 Å². The van der Waals surface area contributed by atoms with Crippen LogP contribution in [0.5, 0.6) is 0 Å². The molecular weight excluding hydrogens is 198 g/mol. The molecule has 1 unspecified atom stereocenters. The third kappa shape index (κ3) is 3.01. The lowest BCUT2D eigenvalue weighted by Crippen LogP contribution is -2.22. The molecule has 1 aromatic heterocycles. The van der Waals surface area contributed by atoms with E-state index in [1.54, 1.807) is 6.07 Å². The van der Waals surface area contributed by atoms with E-state index in [0.29, 0.717) is 11.2 Å². The minimum Gasteiger partial charge on any atom is -0.349 e. The number of aldehydes is 1. The molecular formula is C9H13N3OS. The predicted molar refractivity (Wildman–Crippen MR) is 56.8 cm³/mol. The van der Waals surface area contributed by atoms with Crippen molar-refractivity contribution in [3.63, 3.8) is 0 Å². The van der Waals surface area contributed by atoms with Gasteiger partial charge in [0.2, 0.25) is 0 Å². The zero-order chi connectivity index (χ0) is 10.6. The smallest absolute Gasteiger partial charge is 0.130 e. The molecule has 4 nitrogen and oxygen atoms in total. The van der Waals surface area contributed by atoms with Crippen LogP contribution in [-0.4, -0.2) is 41.8 Å². The SMILES string of the molecule is CN(C)CC(C=O)c1cc(=S)nc[nH]1. The average molecular weight is 211 g/mol. The summed E-state index contributed by atoms with van der Waals surface area (Å²) < 4.78 is 0.504. The highest BCUT2D eigenvalue weighted by molar-refractivity contribution is 7.71. The number of carbonyl (C=O) groups is 1. The van der Waals surface area contributed by atoms with Crippen LogP contribution < -0.4 is 0 Å². The number of carbonyl (C=O) groups excluding carboxylic acids is 1. The fourth-order valence-electron chi connectivity index (χ4n) is 1.20. The molecule has 0 spiro atoms. The number of nitrogens with one attached hydrogen (secondary N) is 1. The molecule has 1 heterocycles. The first-order chi connectivity index (χ1) is 6.63. The molecule has 0 aliphatic heterocycles. The molecule has 0 saturated carbocycles. The Morgan fingerprint density at radius 1 is 1.71 bits per heavy atom. The maximum atomic E-state index is 10.9. The van der Waals surface area contributed by atoms with Crippen LogP contribution in [0.4, 0.5) is 0 Å². The quantitative estimate of drug-likeness (QED) is 0.596. The maximum Gasteiger partial charge on any atom is 0.130 e. The van der Waals surface area contributed by atoms with Crippen molar-refractivity contribution in [1.82, 2.24) is 14.9 Å². The first-order valence-corrected chi connectivity index (χ1v) is 4.69. The van der Waals surface area contributed by atoms with E-state index in [1.807, 2.05) is 19.0 Å². The van der Waals surface area contributed by atoms with Gasteiger partial charge in [-0.1, -0.05) is 12.2 Å². The molecule has 0 bridgehead atoms. The average Bonchev–Trinajstić information content (AvgIpc) is 2.14. The number of hydrogen-bond donors (Lipinski definition) is 1.